The Bertz CT molecular complexity index is 1200. The van der Waals surface area contributed by atoms with Crippen LogP contribution < -0.4 is 0 Å². The lowest BCUT2D eigenvalue weighted by Gasteiger charge is -2.23. The van der Waals surface area contributed by atoms with Crippen molar-refractivity contribution in [2.75, 3.05) is 0 Å². The Morgan fingerprint density at radius 3 is 2.24 bits per heavy atom. The highest BCUT2D eigenvalue weighted by Crippen LogP contribution is 2.40. The maximum atomic E-state index is 11.0. The van der Waals surface area contributed by atoms with E-state index in [1.807, 2.05) is 18.2 Å². The minimum Gasteiger partial charge on any atom is -0.258 e. The first kappa shape index (κ1) is 17.3. The fourth-order valence-electron chi connectivity index (χ4n) is 4.05. The largest absolute Gasteiger partial charge is 0.269 e. The van der Waals surface area contributed by atoms with Crippen molar-refractivity contribution in [3.05, 3.63) is 106 Å². The zero-order valence-electron chi connectivity index (χ0n) is 15.7. The van der Waals surface area contributed by atoms with Gasteiger partial charge in [0.1, 0.15) is 0 Å². The van der Waals surface area contributed by atoms with E-state index in [0.717, 1.165) is 35.4 Å². The van der Waals surface area contributed by atoms with Crippen LogP contribution in [0.3, 0.4) is 0 Å². The summed E-state index contributed by atoms with van der Waals surface area (Å²) in [5.41, 5.74) is 8.89. The Balaban J connectivity index is 1.74. The third-order valence-electron chi connectivity index (χ3n) is 5.50. The second-order valence-corrected chi connectivity index (χ2v) is 7.21. The van der Waals surface area contributed by atoms with E-state index in [-0.39, 0.29) is 10.6 Å². The highest BCUT2D eigenvalue weighted by atomic mass is 16.6. The molecule has 1 aromatic heterocycles. The van der Waals surface area contributed by atoms with Crippen molar-refractivity contribution < 1.29 is 4.92 Å². The van der Waals surface area contributed by atoms with Crippen LogP contribution in [0.4, 0.5) is 5.69 Å². The van der Waals surface area contributed by atoms with E-state index in [0.29, 0.717) is 0 Å². The second-order valence-electron chi connectivity index (χ2n) is 7.21. The molecule has 140 valence electrons. The molecule has 0 saturated carbocycles. The zero-order chi connectivity index (χ0) is 19.8. The molecular weight excluding hydrogens is 360 g/mol. The molecule has 0 unspecified atom stereocenters. The Kier molecular flexibility index (Phi) is 4.17. The molecule has 0 amide bonds. The summed E-state index contributed by atoms with van der Waals surface area (Å²) in [4.78, 5) is 15.6. The molecule has 4 nitrogen and oxygen atoms in total. The molecule has 1 aliphatic rings. The number of rotatable bonds is 3. The van der Waals surface area contributed by atoms with Crippen molar-refractivity contribution in [2.45, 2.75) is 12.8 Å². The minimum absolute atomic E-state index is 0.0836. The maximum absolute atomic E-state index is 11.0. The van der Waals surface area contributed by atoms with Crippen LogP contribution in [0.1, 0.15) is 11.1 Å². The van der Waals surface area contributed by atoms with Gasteiger partial charge in [0.15, 0.2) is 0 Å². The lowest BCUT2D eigenvalue weighted by Crippen LogP contribution is -2.08. The van der Waals surface area contributed by atoms with Gasteiger partial charge in [-0.2, -0.15) is 0 Å². The van der Waals surface area contributed by atoms with Gasteiger partial charge in [0.25, 0.3) is 5.69 Å². The average molecular weight is 378 g/mol. The minimum atomic E-state index is -0.379. The standard InChI is InChI=1S/C25H18N2O2/c28-27(29)20-13-10-19(11-14-20)24-16-23(17-6-2-1-3-7-17)22-15-12-18-8-4-5-9-21(18)25(22)26-24/h1-11,13-14,16H,12,15H2. The number of fused-ring (bicyclic) bond motifs is 3. The number of non-ortho nitro benzene ring substituents is 1. The van der Waals surface area contributed by atoms with Gasteiger partial charge in [-0.3, -0.25) is 10.1 Å². The molecule has 0 atom stereocenters. The summed E-state index contributed by atoms with van der Waals surface area (Å²) in [5, 5.41) is 11.0. The number of nitrogens with zero attached hydrogens (tertiary/aromatic N) is 2. The molecule has 5 rings (SSSR count). The number of nitro benzene ring substituents is 1. The number of pyridine rings is 1. The van der Waals surface area contributed by atoms with Gasteiger partial charge < -0.3 is 0 Å². The fraction of sp³-hybridized carbons (Fsp3) is 0.0800. The Morgan fingerprint density at radius 2 is 1.48 bits per heavy atom. The highest BCUT2D eigenvalue weighted by molar-refractivity contribution is 5.83. The number of nitro groups is 1. The predicted molar refractivity (Wildman–Crippen MR) is 115 cm³/mol. The molecule has 0 fully saturated rings. The van der Waals surface area contributed by atoms with Crippen molar-refractivity contribution in [3.63, 3.8) is 0 Å². The summed E-state index contributed by atoms with van der Waals surface area (Å²) in [5.74, 6) is 0. The SMILES string of the molecule is O=[N+]([O-])c1ccc(-c2cc(-c3ccccc3)c3c(n2)-c2ccccc2CC3)cc1. The van der Waals surface area contributed by atoms with Gasteiger partial charge >= 0.3 is 0 Å². The number of aryl methyl sites for hydroxylation is 1. The molecular formula is C25H18N2O2. The Morgan fingerprint density at radius 1 is 0.759 bits per heavy atom. The second kappa shape index (κ2) is 6.99. The lowest BCUT2D eigenvalue weighted by molar-refractivity contribution is -0.384. The van der Waals surface area contributed by atoms with Crippen LogP contribution >= 0.6 is 0 Å². The summed E-state index contributed by atoms with van der Waals surface area (Å²) in [7, 11) is 0. The van der Waals surface area contributed by atoms with E-state index in [2.05, 4.69) is 42.5 Å². The van der Waals surface area contributed by atoms with Crippen LogP contribution in [0.15, 0.2) is 84.9 Å². The van der Waals surface area contributed by atoms with Gasteiger partial charge in [-0.25, -0.2) is 4.98 Å². The Labute approximate surface area is 168 Å². The van der Waals surface area contributed by atoms with Crippen molar-refractivity contribution in [3.8, 4) is 33.6 Å². The van der Waals surface area contributed by atoms with Crippen molar-refractivity contribution in [1.29, 1.82) is 0 Å². The molecule has 0 N–H and O–H groups in total. The summed E-state index contributed by atoms with van der Waals surface area (Å²) >= 11 is 0. The van der Waals surface area contributed by atoms with Crippen LogP contribution in [0, 0.1) is 10.1 Å². The molecule has 4 heteroatoms. The summed E-state index contributed by atoms with van der Waals surface area (Å²) in [6.07, 6.45) is 1.95. The molecule has 0 saturated heterocycles. The molecule has 29 heavy (non-hydrogen) atoms. The molecule has 0 bridgehead atoms. The zero-order valence-corrected chi connectivity index (χ0v) is 15.7. The molecule has 0 radical (unpaired) electrons. The monoisotopic (exact) mass is 378 g/mol. The average Bonchev–Trinajstić information content (AvgIpc) is 2.79. The van der Waals surface area contributed by atoms with Gasteiger partial charge in [-0.15, -0.1) is 0 Å². The van der Waals surface area contributed by atoms with Crippen LogP contribution in [0.25, 0.3) is 33.6 Å². The van der Waals surface area contributed by atoms with E-state index >= 15 is 0 Å². The van der Waals surface area contributed by atoms with Gasteiger partial charge in [0, 0.05) is 23.3 Å². The van der Waals surface area contributed by atoms with E-state index in [4.69, 9.17) is 4.98 Å². The van der Waals surface area contributed by atoms with Gasteiger partial charge in [-0.1, -0.05) is 54.6 Å². The number of aromatic nitrogens is 1. The lowest BCUT2D eigenvalue weighted by atomic mass is 9.84. The van der Waals surface area contributed by atoms with Crippen LogP contribution in [-0.4, -0.2) is 9.91 Å². The molecule has 4 aromatic rings. The van der Waals surface area contributed by atoms with E-state index in [1.165, 1.54) is 34.4 Å². The smallest absolute Gasteiger partial charge is 0.258 e. The number of benzene rings is 3. The van der Waals surface area contributed by atoms with Crippen LogP contribution in [-0.2, 0) is 12.8 Å². The van der Waals surface area contributed by atoms with Crippen molar-refractivity contribution in [1.82, 2.24) is 4.98 Å². The molecule has 1 heterocycles. The van der Waals surface area contributed by atoms with E-state index in [9.17, 15) is 10.1 Å². The quantitative estimate of drug-likeness (QED) is 0.320. The van der Waals surface area contributed by atoms with Crippen molar-refractivity contribution >= 4 is 5.69 Å². The number of hydrogen-bond acceptors (Lipinski definition) is 3. The third kappa shape index (κ3) is 3.09. The van der Waals surface area contributed by atoms with Crippen LogP contribution in [0.5, 0.6) is 0 Å². The Hall–Kier alpha value is -3.79. The van der Waals surface area contributed by atoms with Crippen molar-refractivity contribution in [2.24, 2.45) is 0 Å². The van der Waals surface area contributed by atoms with Crippen LogP contribution in [0.2, 0.25) is 0 Å². The summed E-state index contributed by atoms with van der Waals surface area (Å²) < 4.78 is 0. The molecule has 3 aromatic carbocycles. The fourth-order valence-corrected chi connectivity index (χ4v) is 4.05. The highest BCUT2D eigenvalue weighted by Gasteiger charge is 2.22. The normalized spacial score (nSPS) is 12.1. The van der Waals surface area contributed by atoms with E-state index in [1.54, 1.807) is 12.1 Å². The first-order valence-corrected chi connectivity index (χ1v) is 9.63. The first-order valence-electron chi connectivity index (χ1n) is 9.63. The predicted octanol–water partition coefficient (Wildman–Crippen LogP) is 6.09. The van der Waals surface area contributed by atoms with Gasteiger partial charge in [0.05, 0.1) is 16.3 Å². The molecule has 0 spiro atoms. The summed E-state index contributed by atoms with van der Waals surface area (Å²) in [6.45, 7) is 0. The summed E-state index contributed by atoms with van der Waals surface area (Å²) in [6, 6.07) is 27.5. The third-order valence-corrected chi connectivity index (χ3v) is 5.50. The number of hydrogen-bond donors (Lipinski definition) is 0. The maximum Gasteiger partial charge on any atom is 0.269 e. The van der Waals surface area contributed by atoms with Gasteiger partial charge in [0.2, 0.25) is 0 Å². The topological polar surface area (TPSA) is 56.0 Å². The molecule has 0 aliphatic heterocycles. The first-order chi connectivity index (χ1) is 14.2. The molecule has 1 aliphatic carbocycles. The van der Waals surface area contributed by atoms with E-state index < -0.39 is 0 Å². The van der Waals surface area contributed by atoms with Gasteiger partial charge in [-0.05, 0) is 53.3 Å².